The Bertz CT molecular complexity index is 822. The third-order valence-electron chi connectivity index (χ3n) is 4.22. The number of carboxylic acid groups (broad SMARTS) is 1. The second-order valence-electron chi connectivity index (χ2n) is 6.15. The van der Waals surface area contributed by atoms with Gasteiger partial charge in [0.2, 0.25) is 5.91 Å². The number of β-lactam (4-membered cyclic amide) rings is 1. The summed E-state index contributed by atoms with van der Waals surface area (Å²) in [5, 5.41) is 11.7. The van der Waals surface area contributed by atoms with Crippen LogP contribution in [0.5, 0.6) is 0 Å². The largest absolute Gasteiger partial charge is 0.477 e. The number of benzene rings is 1. The molecule has 0 saturated carbocycles. The molecule has 3 rings (SSSR count). The summed E-state index contributed by atoms with van der Waals surface area (Å²) in [5.41, 5.74) is 1.02. The van der Waals surface area contributed by atoms with E-state index in [1.807, 2.05) is 30.3 Å². The van der Waals surface area contributed by atoms with Crippen molar-refractivity contribution in [2.45, 2.75) is 24.8 Å². The molecule has 0 aromatic heterocycles. The average molecular weight is 390 g/mol. The summed E-state index contributed by atoms with van der Waals surface area (Å²) >= 11 is 1.33. The molecule has 2 amide bonds. The molecule has 2 atom stereocenters. The van der Waals surface area contributed by atoms with Crippen LogP contribution < -0.4 is 5.32 Å². The second-order valence-corrected chi connectivity index (χ2v) is 7.26. The van der Waals surface area contributed by atoms with Gasteiger partial charge in [-0.15, -0.1) is 11.8 Å². The predicted molar refractivity (Wildman–Crippen MR) is 96.5 cm³/mol. The van der Waals surface area contributed by atoms with Crippen LogP contribution in [0, 0.1) is 0 Å². The van der Waals surface area contributed by atoms with Crippen molar-refractivity contribution in [1.82, 2.24) is 10.2 Å². The van der Waals surface area contributed by atoms with E-state index >= 15 is 0 Å². The number of fused-ring (bicyclic) bond motifs is 1. The molecular formula is C18H18N2O6S. The normalized spacial score (nSPS) is 21.2. The predicted octanol–water partition coefficient (Wildman–Crippen LogP) is 0.531. The smallest absolute Gasteiger partial charge is 0.352 e. The van der Waals surface area contributed by atoms with Gasteiger partial charge in [-0.3, -0.25) is 19.3 Å². The van der Waals surface area contributed by atoms with E-state index in [1.54, 1.807) is 0 Å². The number of hydrogen-bond donors (Lipinski definition) is 2. The molecule has 1 fully saturated rings. The number of hydrogen-bond acceptors (Lipinski definition) is 6. The van der Waals surface area contributed by atoms with Gasteiger partial charge < -0.3 is 15.2 Å². The Morgan fingerprint density at radius 2 is 2.00 bits per heavy atom. The summed E-state index contributed by atoms with van der Waals surface area (Å²) in [5.74, 6) is -2.27. The summed E-state index contributed by atoms with van der Waals surface area (Å²) in [6.45, 7) is 1.05. The van der Waals surface area contributed by atoms with Crippen LogP contribution in [0.1, 0.15) is 12.5 Å². The van der Waals surface area contributed by atoms with E-state index in [-0.39, 0.29) is 24.6 Å². The van der Waals surface area contributed by atoms with Crippen LogP contribution in [0.4, 0.5) is 0 Å². The third-order valence-corrected chi connectivity index (χ3v) is 5.56. The van der Waals surface area contributed by atoms with Gasteiger partial charge in [-0.05, 0) is 5.56 Å². The minimum Gasteiger partial charge on any atom is -0.477 e. The number of nitrogens with zero attached hydrogens (tertiary/aromatic N) is 1. The summed E-state index contributed by atoms with van der Waals surface area (Å²) in [6, 6.07) is 8.36. The number of esters is 1. The molecule has 2 aliphatic rings. The van der Waals surface area contributed by atoms with Crippen molar-refractivity contribution in [3.05, 3.63) is 47.2 Å². The van der Waals surface area contributed by atoms with Crippen molar-refractivity contribution >= 4 is 35.5 Å². The molecule has 0 bridgehead atoms. The van der Waals surface area contributed by atoms with Crippen molar-refractivity contribution in [2.75, 3.05) is 12.4 Å². The van der Waals surface area contributed by atoms with Gasteiger partial charge >= 0.3 is 11.9 Å². The van der Waals surface area contributed by atoms with Crippen molar-refractivity contribution < 1.29 is 29.0 Å². The van der Waals surface area contributed by atoms with Crippen LogP contribution >= 0.6 is 11.8 Å². The lowest BCUT2D eigenvalue weighted by Crippen LogP contribution is -2.70. The summed E-state index contributed by atoms with van der Waals surface area (Å²) < 4.78 is 4.88. The van der Waals surface area contributed by atoms with E-state index in [0.717, 1.165) is 10.5 Å². The van der Waals surface area contributed by atoms with Crippen LogP contribution in [-0.4, -0.2) is 57.5 Å². The molecule has 1 saturated heterocycles. The van der Waals surface area contributed by atoms with E-state index in [9.17, 15) is 24.3 Å². The number of carbonyl (C=O) groups excluding carboxylic acids is 3. The SMILES string of the molecule is CC(=O)OCC1=C(C(=O)O)N2C(=O)[C@H](NC(=O)Cc3ccccc3)[C@@H]2SC1. The lowest BCUT2D eigenvalue weighted by molar-refractivity contribution is -0.151. The fourth-order valence-electron chi connectivity index (χ4n) is 2.99. The molecule has 0 radical (unpaired) electrons. The molecule has 142 valence electrons. The van der Waals surface area contributed by atoms with Crippen LogP contribution in [0.2, 0.25) is 0 Å². The highest BCUT2D eigenvalue weighted by Gasteiger charge is 2.54. The standard InChI is InChI=1S/C18H18N2O6S/c1-10(21)26-8-12-9-27-17-14(16(23)20(17)15(12)18(24)25)19-13(22)7-11-5-3-2-4-6-11/h2-6,14,17H,7-9H2,1H3,(H,19,22)(H,24,25)/t14-,17-/m0/s1. The summed E-state index contributed by atoms with van der Waals surface area (Å²) in [6.07, 6.45) is 0.140. The molecular weight excluding hydrogens is 372 g/mol. The van der Waals surface area contributed by atoms with Crippen LogP contribution in [0.15, 0.2) is 41.6 Å². The highest BCUT2D eigenvalue weighted by atomic mass is 32.2. The Morgan fingerprint density at radius 1 is 1.30 bits per heavy atom. The molecule has 27 heavy (non-hydrogen) atoms. The molecule has 9 heteroatoms. The zero-order chi connectivity index (χ0) is 19.6. The molecule has 8 nitrogen and oxygen atoms in total. The number of carboxylic acids is 1. The monoisotopic (exact) mass is 390 g/mol. The number of nitrogens with one attached hydrogen (secondary N) is 1. The van der Waals surface area contributed by atoms with Gasteiger partial charge in [-0.2, -0.15) is 0 Å². The quantitative estimate of drug-likeness (QED) is 0.538. The Morgan fingerprint density at radius 3 is 2.63 bits per heavy atom. The number of ether oxygens (including phenoxy) is 1. The van der Waals surface area contributed by atoms with E-state index < -0.39 is 29.3 Å². The maximum Gasteiger partial charge on any atom is 0.352 e. The molecule has 2 aliphatic heterocycles. The van der Waals surface area contributed by atoms with E-state index in [0.29, 0.717) is 11.3 Å². The van der Waals surface area contributed by atoms with Crippen LogP contribution in [-0.2, 0) is 30.3 Å². The maximum atomic E-state index is 12.5. The van der Waals surface area contributed by atoms with Crippen molar-refractivity contribution in [3.8, 4) is 0 Å². The average Bonchev–Trinajstić information content (AvgIpc) is 2.64. The fraction of sp³-hybridized carbons (Fsp3) is 0.333. The first-order valence-electron chi connectivity index (χ1n) is 8.25. The molecule has 0 spiro atoms. The lowest BCUT2D eigenvalue weighted by Gasteiger charge is -2.49. The zero-order valence-corrected chi connectivity index (χ0v) is 15.3. The zero-order valence-electron chi connectivity index (χ0n) is 14.5. The Kier molecular flexibility index (Phi) is 5.50. The van der Waals surface area contributed by atoms with Crippen molar-refractivity contribution in [2.24, 2.45) is 0 Å². The lowest BCUT2D eigenvalue weighted by atomic mass is 10.0. The molecule has 1 aromatic carbocycles. The molecule has 2 heterocycles. The Labute approximate surface area is 159 Å². The number of aliphatic carboxylic acids is 1. The summed E-state index contributed by atoms with van der Waals surface area (Å²) in [4.78, 5) is 48.5. The first-order valence-corrected chi connectivity index (χ1v) is 9.30. The number of carbonyl (C=O) groups is 4. The van der Waals surface area contributed by atoms with Crippen molar-refractivity contribution in [1.29, 1.82) is 0 Å². The van der Waals surface area contributed by atoms with E-state index in [2.05, 4.69) is 5.32 Å². The number of amides is 2. The molecule has 2 N–H and O–H groups in total. The van der Waals surface area contributed by atoms with E-state index in [1.165, 1.54) is 18.7 Å². The fourth-order valence-corrected chi connectivity index (χ4v) is 4.32. The van der Waals surface area contributed by atoms with Gasteiger partial charge in [0.25, 0.3) is 5.91 Å². The number of thioether (sulfide) groups is 1. The minimum atomic E-state index is -1.26. The highest BCUT2D eigenvalue weighted by molar-refractivity contribution is 8.00. The maximum absolute atomic E-state index is 12.5. The van der Waals surface area contributed by atoms with Crippen molar-refractivity contribution in [3.63, 3.8) is 0 Å². The van der Waals surface area contributed by atoms with Crippen LogP contribution in [0.25, 0.3) is 0 Å². The van der Waals surface area contributed by atoms with Gasteiger partial charge in [0.05, 0.1) is 6.42 Å². The third kappa shape index (κ3) is 3.97. The first-order chi connectivity index (χ1) is 12.9. The molecule has 0 unspecified atom stereocenters. The Hall–Kier alpha value is -2.81. The highest BCUT2D eigenvalue weighted by Crippen LogP contribution is 2.40. The van der Waals surface area contributed by atoms with Gasteiger partial charge in [-0.1, -0.05) is 30.3 Å². The topological polar surface area (TPSA) is 113 Å². The number of rotatable bonds is 6. The van der Waals surface area contributed by atoms with Gasteiger partial charge in [-0.25, -0.2) is 4.79 Å². The van der Waals surface area contributed by atoms with Gasteiger partial charge in [0.15, 0.2) is 0 Å². The van der Waals surface area contributed by atoms with Crippen LogP contribution in [0.3, 0.4) is 0 Å². The minimum absolute atomic E-state index is 0.140. The van der Waals surface area contributed by atoms with Gasteiger partial charge in [0.1, 0.15) is 23.7 Å². The molecule has 1 aromatic rings. The second kappa shape index (κ2) is 7.83. The summed E-state index contributed by atoms with van der Waals surface area (Å²) in [7, 11) is 0. The Balaban J connectivity index is 1.68. The van der Waals surface area contributed by atoms with Gasteiger partial charge in [0, 0.05) is 18.2 Å². The van der Waals surface area contributed by atoms with E-state index in [4.69, 9.17) is 4.74 Å². The first kappa shape index (κ1) is 19.0. The molecule has 0 aliphatic carbocycles.